The quantitative estimate of drug-likeness (QED) is 0.406. The van der Waals surface area contributed by atoms with Crippen LogP contribution in [0.1, 0.15) is 44.7 Å². The van der Waals surface area contributed by atoms with Gasteiger partial charge in [-0.1, -0.05) is 23.7 Å². The van der Waals surface area contributed by atoms with Crippen LogP contribution < -0.4 is 11.5 Å². The minimum absolute atomic E-state index is 0.0286. The van der Waals surface area contributed by atoms with Gasteiger partial charge < -0.3 is 25.5 Å². The van der Waals surface area contributed by atoms with Crippen molar-refractivity contribution >= 4 is 45.2 Å². The molecular formula is C27H29ClN6O2. The third-order valence-electron chi connectivity index (χ3n) is 8.71. The zero-order valence-electron chi connectivity index (χ0n) is 20.3. The van der Waals surface area contributed by atoms with Gasteiger partial charge in [0.25, 0.3) is 0 Å². The molecule has 0 unspecified atom stereocenters. The Kier molecular flexibility index (Phi) is 4.66. The van der Waals surface area contributed by atoms with Gasteiger partial charge >= 0.3 is 0 Å². The Bertz CT molecular complexity index is 1520. The number of rotatable bonds is 4. The molecule has 7 rings (SSSR count). The number of pyridine rings is 1. The summed E-state index contributed by atoms with van der Waals surface area (Å²) in [6, 6.07) is 10.4. The van der Waals surface area contributed by atoms with Gasteiger partial charge in [-0.15, -0.1) is 0 Å². The molecular weight excluding hydrogens is 476 g/mol. The number of benzene rings is 1. The van der Waals surface area contributed by atoms with Crippen LogP contribution in [-0.4, -0.2) is 37.5 Å². The van der Waals surface area contributed by atoms with E-state index in [1.165, 1.54) is 11.9 Å². The molecule has 4 aromatic rings. The summed E-state index contributed by atoms with van der Waals surface area (Å²) >= 11 is 6.16. The first-order valence-corrected chi connectivity index (χ1v) is 12.9. The van der Waals surface area contributed by atoms with Gasteiger partial charge in [-0.3, -0.25) is 0 Å². The van der Waals surface area contributed by atoms with Crippen LogP contribution in [-0.2, 0) is 15.9 Å². The third-order valence-corrected chi connectivity index (χ3v) is 9.01. The number of nitrogen functional groups attached to an aromatic ring is 2. The fourth-order valence-corrected chi connectivity index (χ4v) is 7.19. The SMILES string of the molecule is CC1(C)O[C@H]2[C@H](n3ccc4c(N)ncnc43)[C@H]3CC[C@@]3(CCc3ccc4cc(Cl)c(N)nc4c3)[C@H]2O1. The molecule has 1 aliphatic heterocycles. The Balaban J connectivity index is 1.24. The van der Waals surface area contributed by atoms with Crippen molar-refractivity contribution in [2.45, 2.75) is 63.6 Å². The number of nitrogens with two attached hydrogens (primary N) is 2. The molecule has 36 heavy (non-hydrogen) atoms. The smallest absolute Gasteiger partial charge is 0.163 e. The van der Waals surface area contributed by atoms with Crippen LogP contribution in [0.5, 0.6) is 0 Å². The minimum Gasteiger partial charge on any atom is -0.383 e. The highest BCUT2D eigenvalue weighted by atomic mass is 35.5. The molecule has 2 aliphatic carbocycles. The van der Waals surface area contributed by atoms with Crippen LogP contribution in [0.25, 0.3) is 21.9 Å². The highest BCUT2D eigenvalue weighted by Gasteiger charge is 2.70. The second-order valence-corrected chi connectivity index (χ2v) is 11.4. The van der Waals surface area contributed by atoms with Crippen LogP contribution in [0.15, 0.2) is 42.9 Å². The summed E-state index contributed by atoms with van der Waals surface area (Å²) in [4.78, 5) is 13.2. The Hall–Kier alpha value is -2.94. The van der Waals surface area contributed by atoms with Gasteiger partial charge in [-0.2, -0.15) is 0 Å². The molecule has 4 heterocycles. The van der Waals surface area contributed by atoms with Crippen molar-refractivity contribution in [3.63, 3.8) is 0 Å². The number of hydrogen-bond donors (Lipinski definition) is 2. The predicted octanol–water partition coefficient (Wildman–Crippen LogP) is 4.90. The molecule has 0 amide bonds. The Morgan fingerprint density at radius 1 is 1.11 bits per heavy atom. The molecule has 8 nitrogen and oxygen atoms in total. The fraction of sp³-hybridized carbons (Fsp3) is 0.444. The topological polar surface area (TPSA) is 114 Å². The lowest BCUT2D eigenvalue weighted by molar-refractivity contribution is -0.192. The van der Waals surface area contributed by atoms with Crippen LogP contribution in [0.2, 0.25) is 5.02 Å². The average Bonchev–Trinajstić information content (AvgIpc) is 3.43. The third kappa shape index (κ3) is 3.11. The van der Waals surface area contributed by atoms with Crippen molar-refractivity contribution in [3.8, 4) is 0 Å². The number of halogens is 1. The Morgan fingerprint density at radius 2 is 1.97 bits per heavy atom. The molecule has 186 valence electrons. The van der Waals surface area contributed by atoms with Gasteiger partial charge in [0.1, 0.15) is 29.7 Å². The van der Waals surface area contributed by atoms with Crippen molar-refractivity contribution in [3.05, 3.63) is 53.4 Å². The summed E-state index contributed by atoms with van der Waals surface area (Å²) in [7, 11) is 0. The Morgan fingerprint density at radius 3 is 2.78 bits per heavy atom. The van der Waals surface area contributed by atoms with E-state index in [-0.39, 0.29) is 23.7 Å². The summed E-state index contributed by atoms with van der Waals surface area (Å²) in [5.41, 5.74) is 15.1. The number of nitrogens with zero attached hydrogens (tertiary/aromatic N) is 4. The first kappa shape index (κ1) is 22.3. The molecule has 1 aromatic carbocycles. The molecule has 1 saturated heterocycles. The largest absolute Gasteiger partial charge is 0.383 e. The molecule has 5 atom stereocenters. The maximum Gasteiger partial charge on any atom is 0.163 e. The van der Waals surface area contributed by atoms with E-state index in [4.69, 9.17) is 32.5 Å². The van der Waals surface area contributed by atoms with Crippen molar-refractivity contribution in [2.24, 2.45) is 11.3 Å². The van der Waals surface area contributed by atoms with Gasteiger partial charge in [-0.05, 0) is 69.2 Å². The maximum atomic E-state index is 6.63. The molecule has 0 bridgehead atoms. The number of anilines is 2. The van der Waals surface area contributed by atoms with Crippen molar-refractivity contribution in [1.82, 2.24) is 19.5 Å². The van der Waals surface area contributed by atoms with Gasteiger partial charge in [-0.25, -0.2) is 15.0 Å². The molecule has 0 radical (unpaired) electrons. The first-order valence-electron chi connectivity index (χ1n) is 12.5. The normalized spacial score (nSPS) is 30.4. The molecule has 3 aliphatic rings. The van der Waals surface area contributed by atoms with Gasteiger partial charge in [0, 0.05) is 17.0 Å². The second kappa shape index (κ2) is 7.54. The number of ether oxygens (including phenoxy) is 2. The number of aryl methyl sites for hydroxylation is 1. The van der Waals surface area contributed by atoms with Crippen LogP contribution >= 0.6 is 11.6 Å². The minimum atomic E-state index is -0.623. The van der Waals surface area contributed by atoms with E-state index in [2.05, 4.69) is 43.9 Å². The zero-order chi connectivity index (χ0) is 24.8. The van der Waals surface area contributed by atoms with E-state index in [0.29, 0.717) is 22.6 Å². The standard InChI is InChI=1S/C27H29ClN6O2/c1-26(2)35-21-20(34-10-7-16-23(29)31-13-32-25(16)34)17-6-9-27(17,22(21)36-26)8-5-14-3-4-15-12-18(28)24(30)33-19(15)11-14/h3-4,7,10-13,17,20-22H,5-6,8-9H2,1-2H3,(H2,30,33)(H2,29,31,32)/t17-,20-,21+,22+,27-/m1/s1. The molecule has 2 saturated carbocycles. The van der Waals surface area contributed by atoms with Crippen LogP contribution in [0.4, 0.5) is 11.6 Å². The predicted molar refractivity (Wildman–Crippen MR) is 139 cm³/mol. The highest BCUT2D eigenvalue weighted by molar-refractivity contribution is 6.33. The van der Waals surface area contributed by atoms with E-state index in [0.717, 1.165) is 47.6 Å². The lowest BCUT2D eigenvalue weighted by Crippen LogP contribution is -2.47. The van der Waals surface area contributed by atoms with E-state index in [1.54, 1.807) is 0 Å². The lowest BCUT2D eigenvalue weighted by Gasteiger charge is -2.50. The summed E-state index contributed by atoms with van der Waals surface area (Å²) in [6.45, 7) is 4.03. The first-order chi connectivity index (χ1) is 17.3. The van der Waals surface area contributed by atoms with Gasteiger partial charge in [0.05, 0.1) is 28.1 Å². The number of fused-ring (bicyclic) bond motifs is 5. The molecule has 9 heteroatoms. The highest BCUT2D eigenvalue weighted by Crippen LogP contribution is 2.68. The van der Waals surface area contributed by atoms with Crippen LogP contribution in [0, 0.1) is 11.3 Å². The monoisotopic (exact) mass is 504 g/mol. The van der Waals surface area contributed by atoms with Gasteiger partial charge in [0.2, 0.25) is 0 Å². The number of aromatic nitrogens is 4. The summed E-state index contributed by atoms with van der Waals surface area (Å²) in [5, 5.41) is 2.36. The van der Waals surface area contributed by atoms with E-state index < -0.39 is 5.79 Å². The van der Waals surface area contributed by atoms with E-state index >= 15 is 0 Å². The summed E-state index contributed by atoms with van der Waals surface area (Å²) < 4.78 is 15.5. The van der Waals surface area contributed by atoms with E-state index in [9.17, 15) is 0 Å². The van der Waals surface area contributed by atoms with Crippen LogP contribution in [0.3, 0.4) is 0 Å². The lowest BCUT2D eigenvalue weighted by atomic mass is 9.58. The van der Waals surface area contributed by atoms with Crippen molar-refractivity contribution in [2.75, 3.05) is 11.5 Å². The summed E-state index contributed by atoms with van der Waals surface area (Å²) in [6.07, 6.45) is 7.82. The zero-order valence-corrected chi connectivity index (χ0v) is 21.1. The molecule has 3 fully saturated rings. The molecule has 3 aromatic heterocycles. The van der Waals surface area contributed by atoms with E-state index in [1.807, 2.05) is 26.0 Å². The second-order valence-electron chi connectivity index (χ2n) is 11.0. The average molecular weight is 505 g/mol. The van der Waals surface area contributed by atoms with Gasteiger partial charge in [0.15, 0.2) is 5.79 Å². The van der Waals surface area contributed by atoms with Crippen molar-refractivity contribution in [1.29, 1.82) is 0 Å². The number of hydrogen-bond acceptors (Lipinski definition) is 7. The van der Waals surface area contributed by atoms with Crippen molar-refractivity contribution < 1.29 is 9.47 Å². The molecule has 4 N–H and O–H groups in total. The summed E-state index contributed by atoms with van der Waals surface area (Å²) in [5.74, 6) is 0.678. The Labute approximate surface area is 214 Å². The molecule has 0 spiro atoms. The fourth-order valence-electron chi connectivity index (χ4n) is 7.03. The maximum absolute atomic E-state index is 6.63.